The Balaban J connectivity index is 1.74. The number of halogens is 3. The van der Waals surface area contributed by atoms with Crippen LogP contribution >= 0.6 is 45.8 Å². The van der Waals surface area contributed by atoms with Crippen molar-refractivity contribution < 1.29 is 34.1 Å². The van der Waals surface area contributed by atoms with Gasteiger partial charge in [-0.25, -0.2) is 0 Å². The number of ether oxygens (including phenoxy) is 2. The quantitative estimate of drug-likeness (QED) is 0.236. The summed E-state index contributed by atoms with van der Waals surface area (Å²) in [5, 5.41) is 24.4. The zero-order valence-electron chi connectivity index (χ0n) is 22.3. The maximum absolute atomic E-state index is 13.8. The van der Waals surface area contributed by atoms with E-state index >= 15 is 0 Å². The molecule has 0 heterocycles. The average Bonchev–Trinajstić information content (AvgIpc) is 2.92. The normalized spacial score (nSPS) is 20.4. The lowest BCUT2D eigenvalue weighted by atomic mass is 9.82. The molecule has 2 aliphatic rings. The minimum atomic E-state index is -1.23. The molecule has 2 aromatic rings. The van der Waals surface area contributed by atoms with Gasteiger partial charge in [-0.3, -0.25) is 14.4 Å². The molecule has 1 fully saturated rings. The first-order valence-electron chi connectivity index (χ1n) is 13.2. The summed E-state index contributed by atoms with van der Waals surface area (Å²) in [6.07, 6.45) is 2.41. The summed E-state index contributed by atoms with van der Waals surface area (Å²) in [7, 11) is 1.44. The number of nitrogens with one attached hydrogen (secondary N) is 1. The number of benzene rings is 2. The summed E-state index contributed by atoms with van der Waals surface area (Å²) in [5.41, 5.74) is 1.33. The van der Waals surface area contributed by atoms with E-state index in [1.807, 2.05) is 22.6 Å². The highest BCUT2D eigenvalue weighted by Crippen LogP contribution is 2.38. The predicted molar refractivity (Wildman–Crippen MR) is 162 cm³/mol. The molecule has 12 heteroatoms. The standard InChI is InChI=1S/C29H31Cl2IN2O7/c1-40-25-10-16(15-36)9-22(32)27(25)41-24-12-19(28(38)33-7-8-35)11-23(26(24)37)34(29(39)17-3-2-4-17)14-18-5-6-20(30)13-21(18)31/h5-6,9-10,12-13,15,17,23-24,26,35,37H,2-4,7-8,11,14H2,1H3,(H,33,38). The van der Waals surface area contributed by atoms with Crippen molar-refractivity contribution in [3.05, 3.63) is 66.7 Å². The van der Waals surface area contributed by atoms with Gasteiger partial charge < -0.3 is 29.9 Å². The second kappa shape index (κ2) is 14.2. The number of nitrogens with zero attached hydrogens (tertiary/aromatic N) is 1. The van der Waals surface area contributed by atoms with Crippen LogP contribution < -0.4 is 14.8 Å². The second-order valence-electron chi connectivity index (χ2n) is 10.00. The lowest BCUT2D eigenvalue weighted by molar-refractivity contribution is -0.146. The topological polar surface area (TPSA) is 125 Å². The molecule has 9 nitrogen and oxygen atoms in total. The zero-order chi connectivity index (χ0) is 29.7. The van der Waals surface area contributed by atoms with Crippen LogP contribution in [0.25, 0.3) is 0 Å². The predicted octanol–water partition coefficient (Wildman–Crippen LogP) is 4.16. The molecule has 3 unspecified atom stereocenters. The first-order chi connectivity index (χ1) is 19.7. The minimum absolute atomic E-state index is 0.0406. The molecule has 0 saturated heterocycles. The van der Waals surface area contributed by atoms with Crippen molar-refractivity contribution in [3.63, 3.8) is 0 Å². The average molecular weight is 717 g/mol. The molecule has 0 aromatic heterocycles. The lowest BCUT2D eigenvalue weighted by Crippen LogP contribution is -2.56. The van der Waals surface area contributed by atoms with E-state index in [4.69, 9.17) is 32.7 Å². The molecule has 4 rings (SSSR count). The van der Waals surface area contributed by atoms with Gasteiger partial charge in [0.1, 0.15) is 18.5 Å². The molecular formula is C29H31Cl2IN2O7. The van der Waals surface area contributed by atoms with Crippen LogP contribution in [-0.4, -0.2) is 71.7 Å². The maximum Gasteiger partial charge on any atom is 0.247 e. The van der Waals surface area contributed by atoms with Crippen LogP contribution in [0.4, 0.5) is 0 Å². The van der Waals surface area contributed by atoms with E-state index in [0.29, 0.717) is 36.6 Å². The Labute approximate surface area is 261 Å². The summed E-state index contributed by atoms with van der Waals surface area (Å²) in [5.74, 6) is -0.203. The number of hydrogen-bond donors (Lipinski definition) is 3. The molecule has 0 aliphatic heterocycles. The third-order valence-corrected chi connectivity index (χ3v) is 8.74. The molecule has 0 spiro atoms. The summed E-state index contributed by atoms with van der Waals surface area (Å²) >= 11 is 14.6. The Bertz CT molecular complexity index is 1330. The molecule has 41 heavy (non-hydrogen) atoms. The largest absolute Gasteiger partial charge is 0.493 e. The number of aliphatic hydroxyl groups excluding tert-OH is 2. The number of aldehydes is 1. The number of carbonyl (C=O) groups is 3. The van der Waals surface area contributed by atoms with Crippen LogP contribution in [0.2, 0.25) is 10.0 Å². The Hall–Kier alpha value is -2.38. The second-order valence-corrected chi connectivity index (χ2v) is 12.0. The van der Waals surface area contributed by atoms with E-state index in [0.717, 1.165) is 19.3 Å². The molecule has 2 amide bonds. The van der Waals surface area contributed by atoms with E-state index < -0.39 is 24.2 Å². The fourth-order valence-electron chi connectivity index (χ4n) is 4.92. The molecule has 220 valence electrons. The number of amides is 2. The Morgan fingerprint density at radius 2 is 1.98 bits per heavy atom. The first-order valence-corrected chi connectivity index (χ1v) is 15.0. The summed E-state index contributed by atoms with van der Waals surface area (Å²) in [6, 6.07) is 7.32. The van der Waals surface area contributed by atoms with Crippen molar-refractivity contribution in [2.75, 3.05) is 20.3 Å². The molecule has 3 N–H and O–H groups in total. The third-order valence-electron chi connectivity index (χ3n) is 7.35. The van der Waals surface area contributed by atoms with Crippen LogP contribution in [-0.2, 0) is 16.1 Å². The van der Waals surface area contributed by atoms with Crippen LogP contribution in [0.15, 0.2) is 42.0 Å². The monoisotopic (exact) mass is 716 g/mol. The smallest absolute Gasteiger partial charge is 0.247 e. The van der Waals surface area contributed by atoms with Gasteiger partial charge in [0.15, 0.2) is 11.5 Å². The van der Waals surface area contributed by atoms with E-state index in [1.165, 1.54) is 19.3 Å². The molecule has 3 atom stereocenters. The lowest BCUT2D eigenvalue weighted by Gasteiger charge is -2.43. The van der Waals surface area contributed by atoms with E-state index in [9.17, 15) is 24.6 Å². The zero-order valence-corrected chi connectivity index (χ0v) is 26.0. The number of carbonyl (C=O) groups excluding carboxylic acids is 3. The van der Waals surface area contributed by atoms with Crippen molar-refractivity contribution in [3.8, 4) is 11.5 Å². The van der Waals surface area contributed by atoms with E-state index in [-0.39, 0.29) is 49.4 Å². The van der Waals surface area contributed by atoms with Crippen molar-refractivity contribution in [1.82, 2.24) is 10.2 Å². The molecule has 1 saturated carbocycles. The molecule has 0 radical (unpaired) electrons. The molecule has 2 aliphatic carbocycles. The first kappa shape index (κ1) is 31.6. The van der Waals surface area contributed by atoms with Gasteiger partial charge in [0.25, 0.3) is 0 Å². The van der Waals surface area contributed by atoms with Crippen LogP contribution in [0.5, 0.6) is 11.5 Å². The van der Waals surface area contributed by atoms with Crippen molar-refractivity contribution in [2.24, 2.45) is 5.92 Å². The van der Waals surface area contributed by atoms with Gasteiger partial charge in [-0.2, -0.15) is 0 Å². The molecule has 0 bridgehead atoms. The molecular weight excluding hydrogens is 686 g/mol. The Kier molecular flexibility index (Phi) is 10.9. The van der Waals surface area contributed by atoms with E-state index in [2.05, 4.69) is 5.32 Å². The SMILES string of the molecule is COc1cc(C=O)cc(I)c1OC1C=C(C(=O)NCCO)CC(N(Cc2ccc(Cl)cc2Cl)C(=O)C2CCC2)C1O. The summed E-state index contributed by atoms with van der Waals surface area (Å²) in [6.45, 7) is -0.107. The number of hydrogen-bond acceptors (Lipinski definition) is 7. The van der Waals surface area contributed by atoms with Gasteiger partial charge in [-0.05, 0) is 71.3 Å². The number of rotatable bonds is 11. The van der Waals surface area contributed by atoms with Crippen LogP contribution in [0.1, 0.15) is 41.6 Å². The maximum atomic E-state index is 13.8. The van der Waals surface area contributed by atoms with Crippen molar-refractivity contribution >= 4 is 63.9 Å². The van der Waals surface area contributed by atoms with Gasteiger partial charge in [0, 0.05) is 46.6 Å². The Morgan fingerprint density at radius 1 is 1.22 bits per heavy atom. The van der Waals surface area contributed by atoms with Gasteiger partial charge in [-0.15, -0.1) is 0 Å². The summed E-state index contributed by atoms with van der Waals surface area (Å²) in [4.78, 5) is 39.8. The minimum Gasteiger partial charge on any atom is -0.493 e. The highest BCUT2D eigenvalue weighted by Gasteiger charge is 2.43. The summed E-state index contributed by atoms with van der Waals surface area (Å²) < 4.78 is 12.3. The highest BCUT2D eigenvalue weighted by atomic mass is 127. The molecule has 2 aromatic carbocycles. The Morgan fingerprint density at radius 3 is 2.59 bits per heavy atom. The van der Waals surface area contributed by atoms with Gasteiger partial charge >= 0.3 is 0 Å². The number of methoxy groups -OCH3 is 1. The van der Waals surface area contributed by atoms with E-state index in [1.54, 1.807) is 29.2 Å². The fourth-order valence-corrected chi connectivity index (χ4v) is 6.14. The number of aliphatic hydroxyl groups is 2. The van der Waals surface area contributed by atoms with Gasteiger partial charge in [0.2, 0.25) is 11.8 Å². The van der Waals surface area contributed by atoms with Crippen molar-refractivity contribution in [2.45, 2.75) is 50.5 Å². The van der Waals surface area contributed by atoms with Gasteiger partial charge in [0.05, 0.1) is 23.3 Å². The van der Waals surface area contributed by atoms with Gasteiger partial charge in [-0.1, -0.05) is 35.7 Å². The third kappa shape index (κ3) is 7.34. The highest BCUT2D eigenvalue weighted by molar-refractivity contribution is 14.1. The van der Waals surface area contributed by atoms with Crippen LogP contribution in [0.3, 0.4) is 0 Å². The van der Waals surface area contributed by atoms with Crippen LogP contribution in [0, 0.1) is 9.49 Å². The fraction of sp³-hybridized carbons (Fsp3) is 0.414. The van der Waals surface area contributed by atoms with Crippen molar-refractivity contribution in [1.29, 1.82) is 0 Å².